The van der Waals surface area contributed by atoms with E-state index in [1.54, 1.807) is 13.0 Å². The summed E-state index contributed by atoms with van der Waals surface area (Å²) >= 11 is 0. The van der Waals surface area contributed by atoms with Gasteiger partial charge in [0.05, 0.1) is 24.9 Å². The fourth-order valence-electron chi connectivity index (χ4n) is 3.20. The molecular formula is C23H21FN4O6S. The van der Waals surface area contributed by atoms with Gasteiger partial charge in [-0.25, -0.2) is 27.1 Å². The van der Waals surface area contributed by atoms with Crippen molar-refractivity contribution in [3.8, 4) is 17.4 Å². The summed E-state index contributed by atoms with van der Waals surface area (Å²) in [6.07, 6.45) is 2.70. The van der Waals surface area contributed by atoms with E-state index in [-0.39, 0.29) is 22.9 Å². The molecule has 10 nitrogen and oxygen atoms in total. The van der Waals surface area contributed by atoms with E-state index in [1.165, 1.54) is 51.8 Å². The van der Waals surface area contributed by atoms with Crippen molar-refractivity contribution in [2.45, 2.75) is 11.8 Å². The van der Waals surface area contributed by atoms with Crippen molar-refractivity contribution in [1.29, 1.82) is 0 Å². The first-order valence-corrected chi connectivity index (χ1v) is 11.6. The fraction of sp³-hybridized carbons (Fsp3) is 0.174. The lowest BCUT2D eigenvalue weighted by Crippen LogP contribution is -2.23. The van der Waals surface area contributed by atoms with Crippen LogP contribution in [0.1, 0.15) is 16.1 Å². The van der Waals surface area contributed by atoms with E-state index in [0.29, 0.717) is 22.6 Å². The number of furan rings is 1. The van der Waals surface area contributed by atoms with Crippen molar-refractivity contribution < 1.29 is 31.5 Å². The van der Waals surface area contributed by atoms with E-state index in [0.717, 1.165) is 16.4 Å². The summed E-state index contributed by atoms with van der Waals surface area (Å²) < 4.78 is 56.6. The first kappa shape index (κ1) is 24.1. The number of halogens is 1. The maximum Gasteiger partial charge on any atom is 0.257 e. The SMILES string of the molecule is COc1cnc(NC(=O)c2cc(Oc3ccc(S(=O)(=O)N(C)C)c(F)c3)c3cc(C)oc3c2)cn1. The van der Waals surface area contributed by atoms with Gasteiger partial charge >= 0.3 is 0 Å². The summed E-state index contributed by atoms with van der Waals surface area (Å²) in [5.74, 6) is -0.155. The Morgan fingerprint density at radius 1 is 1.11 bits per heavy atom. The molecule has 0 saturated heterocycles. The van der Waals surface area contributed by atoms with Crippen LogP contribution in [0.15, 0.2) is 58.1 Å². The lowest BCUT2D eigenvalue weighted by atomic mass is 10.1. The highest BCUT2D eigenvalue weighted by molar-refractivity contribution is 7.89. The summed E-state index contributed by atoms with van der Waals surface area (Å²) in [6, 6.07) is 8.13. The van der Waals surface area contributed by atoms with Crippen LogP contribution in [0, 0.1) is 12.7 Å². The topological polar surface area (TPSA) is 124 Å². The highest BCUT2D eigenvalue weighted by Gasteiger charge is 2.23. The van der Waals surface area contributed by atoms with Gasteiger partial charge in [0.1, 0.15) is 33.6 Å². The van der Waals surface area contributed by atoms with E-state index >= 15 is 0 Å². The molecule has 0 saturated carbocycles. The van der Waals surface area contributed by atoms with Crippen molar-refractivity contribution in [2.75, 3.05) is 26.5 Å². The van der Waals surface area contributed by atoms with Gasteiger partial charge in [0.25, 0.3) is 5.91 Å². The summed E-state index contributed by atoms with van der Waals surface area (Å²) in [5, 5.41) is 3.17. The quantitative estimate of drug-likeness (QED) is 0.404. The predicted molar refractivity (Wildman–Crippen MR) is 125 cm³/mol. The Morgan fingerprint density at radius 2 is 1.89 bits per heavy atom. The van der Waals surface area contributed by atoms with E-state index < -0.39 is 26.6 Å². The number of sulfonamides is 1. The molecule has 1 N–H and O–H groups in total. The van der Waals surface area contributed by atoms with E-state index in [2.05, 4.69) is 15.3 Å². The van der Waals surface area contributed by atoms with E-state index in [1.807, 2.05) is 0 Å². The number of nitrogens with zero attached hydrogens (tertiary/aromatic N) is 3. The number of anilines is 1. The summed E-state index contributed by atoms with van der Waals surface area (Å²) in [6.45, 7) is 1.73. The maximum atomic E-state index is 14.6. The number of hydrogen-bond acceptors (Lipinski definition) is 8. The zero-order valence-corrected chi connectivity index (χ0v) is 20.0. The van der Waals surface area contributed by atoms with Crippen molar-refractivity contribution in [3.05, 3.63) is 65.9 Å². The van der Waals surface area contributed by atoms with Crippen molar-refractivity contribution in [3.63, 3.8) is 0 Å². The molecule has 2 aromatic heterocycles. The lowest BCUT2D eigenvalue weighted by Gasteiger charge is -2.13. The van der Waals surface area contributed by atoms with Crippen LogP contribution in [0.25, 0.3) is 11.0 Å². The molecule has 2 aromatic carbocycles. The molecule has 12 heteroatoms. The molecule has 4 aromatic rings. The van der Waals surface area contributed by atoms with E-state index in [4.69, 9.17) is 13.9 Å². The predicted octanol–water partition coefficient (Wildman–Crippen LogP) is 3.97. The Kier molecular flexibility index (Phi) is 6.41. The average molecular weight is 501 g/mol. The van der Waals surface area contributed by atoms with Gasteiger partial charge in [-0.1, -0.05) is 0 Å². The first-order valence-electron chi connectivity index (χ1n) is 10.2. The number of fused-ring (bicyclic) bond motifs is 1. The molecule has 0 radical (unpaired) electrons. The molecule has 2 heterocycles. The second-order valence-electron chi connectivity index (χ2n) is 7.62. The molecule has 4 rings (SSSR count). The second-order valence-corrected chi connectivity index (χ2v) is 9.74. The average Bonchev–Trinajstić information content (AvgIpc) is 3.19. The van der Waals surface area contributed by atoms with Crippen LogP contribution in [0.4, 0.5) is 10.2 Å². The van der Waals surface area contributed by atoms with Gasteiger partial charge in [-0.3, -0.25) is 4.79 Å². The number of amides is 1. The monoisotopic (exact) mass is 500 g/mol. The molecule has 0 fully saturated rings. The Hall–Kier alpha value is -4.03. The number of aromatic nitrogens is 2. The van der Waals surface area contributed by atoms with Crippen molar-refractivity contribution in [1.82, 2.24) is 14.3 Å². The van der Waals surface area contributed by atoms with Gasteiger partial charge in [0.2, 0.25) is 15.9 Å². The molecule has 35 heavy (non-hydrogen) atoms. The Morgan fingerprint density at radius 3 is 2.51 bits per heavy atom. The van der Waals surface area contributed by atoms with Gasteiger partial charge in [0, 0.05) is 25.7 Å². The van der Waals surface area contributed by atoms with E-state index in [9.17, 15) is 17.6 Å². The third kappa shape index (κ3) is 4.93. The Labute approximate surface area is 200 Å². The van der Waals surface area contributed by atoms with Crippen LogP contribution in [-0.2, 0) is 10.0 Å². The van der Waals surface area contributed by atoms with Crippen LogP contribution >= 0.6 is 0 Å². The number of nitrogens with one attached hydrogen (secondary N) is 1. The molecule has 182 valence electrons. The number of carbonyl (C=O) groups is 1. The van der Waals surface area contributed by atoms with Crippen molar-refractivity contribution in [2.24, 2.45) is 0 Å². The highest BCUT2D eigenvalue weighted by atomic mass is 32.2. The number of hydrogen-bond donors (Lipinski definition) is 1. The third-order valence-electron chi connectivity index (χ3n) is 4.95. The number of ether oxygens (including phenoxy) is 2. The highest BCUT2D eigenvalue weighted by Crippen LogP contribution is 2.35. The molecule has 0 bridgehead atoms. The smallest absolute Gasteiger partial charge is 0.257 e. The standard InChI is InChI=1S/C23H21FN4O6S/c1-13-7-16-18(33-13)8-14(23(29)27-21-11-26-22(32-4)12-25-21)9-19(16)34-15-5-6-20(17(24)10-15)35(30,31)28(2)3/h5-12H,1-4H3,(H,25,27,29). The largest absolute Gasteiger partial charge is 0.480 e. The Balaban J connectivity index is 1.67. The second kappa shape index (κ2) is 9.31. The van der Waals surface area contributed by atoms with Crippen LogP contribution in [0.5, 0.6) is 17.4 Å². The molecule has 0 spiro atoms. The minimum atomic E-state index is -3.96. The number of benzene rings is 2. The zero-order valence-electron chi connectivity index (χ0n) is 19.2. The van der Waals surface area contributed by atoms with Crippen LogP contribution in [0.2, 0.25) is 0 Å². The molecular weight excluding hydrogens is 479 g/mol. The van der Waals surface area contributed by atoms with Gasteiger partial charge in [-0.2, -0.15) is 0 Å². The third-order valence-corrected chi connectivity index (χ3v) is 6.80. The molecule has 0 atom stereocenters. The molecule has 0 aliphatic carbocycles. The Bertz CT molecular complexity index is 1520. The number of aryl methyl sites for hydroxylation is 1. The molecule has 1 amide bonds. The summed E-state index contributed by atoms with van der Waals surface area (Å²) in [7, 11) is 0.106. The lowest BCUT2D eigenvalue weighted by molar-refractivity contribution is 0.102. The van der Waals surface area contributed by atoms with Gasteiger partial charge in [-0.15, -0.1) is 0 Å². The number of carbonyl (C=O) groups excluding carboxylic acids is 1. The van der Waals surface area contributed by atoms with Crippen LogP contribution < -0.4 is 14.8 Å². The van der Waals surface area contributed by atoms with Gasteiger partial charge < -0.3 is 19.2 Å². The summed E-state index contributed by atoms with van der Waals surface area (Å²) in [5.41, 5.74) is 0.560. The van der Waals surface area contributed by atoms with Crippen molar-refractivity contribution >= 4 is 32.7 Å². The molecule has 0 aliphatic rings. The van der Waals surface area contributed by atoms with Gasteiger partial charge in [-0.05, 0) is 37.3 Å². The number of rotatable bonds is 7. The number of methoxy groups -OCH3 is 1. The minimum absolute atomic E-state index is 0.0407. The molecule has 0 aliphatic heterocycles. The minimum Gasteiger partial charge on any atom is -0.480 e. The summed E-state index contributed by atoms with van der Waals surface area (Å²) in [4.78, 5) is 20.4. The maximum absolute atomic E-state index is 14.6. The zero-order chi connectivity index (χ0) is 25.3. The van der Waals surface area contributed by atoms with Crippen LogP contribution in [-0.4, -0.2) is 49.8 Å². The van der Waals surface area contributed by atoms with Crippen LogP contribution in [0.3, 0.4) is 0 Å². The molecule has 0 unspecified atom stereocenters. The normalized spacial score (nSPS) is 11.6. The first-order chi connectivity index (χ1) is 16.6. The fourth-order valence-corrected chi connectivity index (χ4v) is 4.14. The van der Waals surface area contributed by atoms with Gasteiger partial charge in [0.15, 0.2) is 5.82 Å².